The summed E-state index contributed by atoms with van der Waals surface area (Å²) in [6.45, 7) is 2.41. The summed E-state index contributed by atoms with van der Waals surface area (Å²) in [6, 6.07) is 1.95. The molecule has 0 spiro atoms. The molecule has 0 saturated heterocycles. The van der Waals surface area contributed by atoms with Gasteiger partial charge in [0.15, 0.2) is 17.9 Å². The van der Waals surface area contributed by atoms with Crippen molar-refractivity contribution in [3.05, 3.63) is 28.4 Å². The van der Waals surface area contributed by atoms with Crippen molar-refractivity contribution in [1.29, 1.82) is 0 Å². The fourth-order valence-corrected chi connectivity index (χ4v) is 4.63. The van der Waals surface area contributed by atoms with Crippen LogP contribution < -0.4 is 4.90 Å². The molecule has 11 nitrogen and oxygen atoms in total. The summed E-state index contributed by atoms with van der Waals surface area (Å²) in [5.41, 5.74) is 0. The number of methoxy groups -OCH3 is 2. The molecule has 180 valence electrons. The second kappa shape index (κ2) is 8.56. The molecule has 0 amide bonds. The lowest BCUT2D eigenvalue weighted by molar-refractivity contribution is -0.147. The Hall–Kier alpha value is -3.17. The molecule has 4 aromatic heterocycles. The van der Waals surface area contributed by atoms with Crippen molar-refractivity contribution in [2.75, 3.05) is 25.7 Å². The molecule has 0 aliphatic carbocycles. The number of hydrogen-bond donors (Lipinski definition) is 0. The zero-order valence-electron chi connectivity index (χ0n) is 18.3. The summed E-state index contributed by atoms with van der Waals surface area (Å²) < 4.78 is 56.4. The highest BCUT2D eigenvalue weighted by molar-refractivity contribution is 7.18. The molecule has 5 heterocycles. The molecular formula is C19H19F3N8O3S. The van der Waals surface area contributed by atoms with E-state index >= 15 is 0 Å². The van der Waals surface area contributed by atoms with Crippen LogP contribution >= 0.6 is 11.3 Å². The summed E-state index contributed by atoms with van der Waals surface area (Å²) in [4.78, 5) is 17.1. The molecule has 1 aliphatic heterocycles. The lowest BCUT2D eigenvalue weighted by atomic mass is 10.2. The van der Waals surface area contributed by atoms with Gasteiger partial charge in [-0.05, 0) is 13.0 Å². The average molecular weight is 496 g/mol. The van der Waals surface area contributed by atoms with Crippen molar-refractivity contribution in [1.82, 2.24) is 34.9 Å². The maximum atomic E-state index is 13.2. The Balaban J connectivity index is 1.50. The highest BCUT2D eigenvalue weighted by Gasteiger charge is 2.39. The summed E-state index contributed by atoms with van der Waals surface area (Å²) in [5.74, 6) is 0.475. The number of aromatic nitrogens is 7. The Morgan fingerprint density at radius 1 is 1.15 bits per heavy atom. The first-order valence-electron chi connectivity index (χ1n) is 10.2. The van der Waals surface area contributed by atoms with E-state index in [0.717, 1.165) is 14.8 Å². The quantitative estimate of drug-likeness (QED) is 0.369. The van der Waals surface area contributed by atoms with Crippen LogP contribution in [0.2, 0.25) is 0 Å². The van der Waals surface area contributed by atoms with Crippen LogP contribution in [0.3, 0.4) is 0 Å². The van der Waals surface area contributed by atoms with Crippen LogP contribution in [0.25, 0.3) is 21.9 Å². The molecule has 15 heteroatoms. The predicted octanol–water partition coefficient (Wildman–Crippen LogP) is 2.84. The zero-order chi connectivity index (χ0) is 24.0. The molecule has 0 radical (unpaired) electrons. The van der Waals surface area contributed by atoms with Crippen molar-refractivity contribution in [3.8, 4) is 11.7 Å². The van der Waals surface area contributed by atoms with Crippen LogP contribution in [0.1, 0.15) is 22.4 Å². The van der Waals surface area contributed by atoms with Gasteiger partial charge in [-0.25, -0.2) is 9.97 Å². The number of aryl methyl sites for hydroxylation is 1. The third kappa shape index (κ3) is 4.10. The Morgan fingerprint density at radius 2 is 1.94 bits per heavy atom. The fraction of sp³-hybridized carbons (Fsp3) is 0.474. The fourth-order valence-electron chi connectivity index (χ4n) is 3.75. The number of alkyl halides is 3. The monoisotopic (exact) mass is 496 g/mol. The van der Waals surface area contributed by atoms with Gasteiger partial charge in [-0.15, -0.1) is 21.5 Å². The molecule has 34 heavy (non-hydrogen) atoms. The van der Waals surface area contributed by atoms with Gasteiger partial charge in [0, 0.05) is 32.2 Å². The highest BCUT2D eigenvalue weighted by atomic mass is 32.1. The predicted molar refractivity (Wildman–Crippen MR) is 113 cm³/mol. The summed E-state index contributed by atoms with van der Waals surface area (Å²) in [7, 11) is 3.02. The van der Waals surface area contributed by atoms with Gasteiger partial charge in [0.25, 0.3) is 5.89 Å². The summed E-state index contributed by atoms with van der Waals surface area (Å²) in [5, 5.41) is 11.8. The molecular weight excluding hydrogens is 477 g/mol. The minimum Gasteiger partial charge on any atom is -0.355 e. The lowest BCUT2D eigenvalue weighted by Crippen LogP contribution is -2.36. The van der Waals surface area contributed by atoms with Gasteiger partial charge in [-0.2, -0.15) is 18.2 Å². The van der Waals surface area contributed by atoms with Gasteiger partial charge in [0.1, 0.15) is 10.6 Å². The molecule has 4 aromatic rings. The minimum absolute atomic E-state index is 0.0707. The van der Waals surface area contributed by atoms with Gasteiger partial charge in [0.2, 0.25) is 11.6 Å². The van der Waals surface area contributed by atoms with Crippen molar-refractivity contribution >= 4 is 27.4 Å². The van der Waals surface area contributed by atoms with Gasteiger partial charge < -0.3 is 23.5 Å². The number of nitrogens with zero attached hydrogens (tertiary/aromatic N) is 8. The van der Waals surface area contributed by atoms with Crippen molar-refractivity contribution in [3.63, 3.8) is 0 Å². The minimum atomic E-state index is -4.56. The number of rotatable bonds is 6. The van der Waals surface area contributed by atoms with Crippen LogP contribution in [0.15, 0.2) is 10.6 Å². The van der Waals surface area contributed by atoms with E-state index in [4.69, 9.17) is 14.0 Å². The Labute approximate surface area is 194 Å². The van der Waals surface area contributed by atoms with Crippen molar-refractivity contribution in [2.24, 2.45) is 0 Å². The summed E-state index contributed by atoms with van der Waals surface area (Å²) in [6.07, 6.45) is -4.82. The largest absolute Gasteiger partial charge is 0.451 e. The third-order valence-electron chi connectivity index (χ3n) is 5.34. The van der Waals surface area contributed by atoms with Gasteiger partial charge in [-0.3, -0.25) is 0 Å². The van der Waals surface area contributed by atoms with E-state index in [-0.39, 0.29) is 43.6 Å². The number of ether oxygens (including phenoxy) is 2. The lowest BCUT2D eigenvalue weighted by Gasteiger charge is -2.29. The zero-order valence-corrected chi connectivity index (χ0v) is 19.1. The Morgan fingerprint density at radius 3 is 2.68 bits per heavy atom. The summed E-state index contributed by atoms with van der Waals surface area (Å²) >= 11 is 1.47. The smallest absolute Gasteiger partial charge is 0.355 e. The Bertz CT molecular complexity index is 1330. The van der Waals surface area contributed by atoms with Crippen molar-refractivity contribution < 1.29 is 27.2 Å². The van der Waals surface area contributed by atoms with Crippen LogP contribution in [0.4, 0.5) is 19.0 Å². The number of fused-ring (bicyclic) bond motifs is 2. The van der Waals surface area contributed by atoms with Crippen molar-refractivity contribution in [2.45, 2.75) is 38.9 Å². The normalized spacial score (nSPS) is 14.4. The van der Waals surface area contributed by atoms with Gasteiger partial charge in [-0.1, -0.05) is 5.16 Å². The number of anilines is 1. The molecule has 0 aromatic carbocycles. The molecule has 0 bridgehead atoms. The maximum Gasteiger partial charge on any atom is 0.451 e. The van der Waals surface area contributed by atoms with E-state index in [1.807, 2.05) is 17.9 Å². The van der Waals surface area contributed by atoms with E-state index in [0.29, 0.717) is 16.5 Å². The van der Waals surface area contributed by atoms with Crippen LogP contribution in [0.5, 0.6) is 0 Å². The number of hydrogen-bond acceptors (Lipinski definition) is 11. The number of halogens is 3. The molecule has 0 unspecified atom stereocenters. The SMILES string of the molecule is COC(Cc1noc(-c2nc(N3CCn4c(nnc4C(F)(F)F)C3)c3cc(C)sc3n2)n1)OC. The van der Waals surface area contributed by atoms with E-state index in [1.165, 1.54) is 25.6 Å². The first-order chi connectivity index (χ1) is 16.3. The molecule has 1 aliphatic rings. The molecule has 0 fully saturated rings. The Kier molecular flexibility index (Phi) is 5.69. The third-order valence-corrected chi connectivity index (χ3v) is 6.28. The molecule has 0 atom stereocenters. The number of thiophene rings is 1. The van der Waals surface area contributed by atoms with E-state index in [9.17, 15) is 13.2 Å². The first-order valence-corrected chi connectivity index (χ1v) is 11.0. The van der Waals surface area contributed by atoms with Crippen LogP contribution in [0, 0.1) is 6.92 Å². The molecule has 5 rings (SSSR count). The molecule has 0 N–H and O–H groups in total. The topological polar surface area (TPSA) is 117 Å². The molecule has 0 saturated carbocycles. The first kappa shape index (κ1) is 22.6. The second-order valence-electron chi connectivity index (χ2n) is 7.58. The standard InChI is InChI=1S/C19H19F3N8O3S/c1-9-6-10-15(29-4-5-30-12(8-29)26-27-18(30)19(20,21)22)24-14(25-17(10)34-9)16-23-11(28-33-16)7-13(31-2)32-3/h6,13H,4-5,7-8H2,1-3H3. The van der Waals surface area contributed by atoms with Crippen LogP contribution in [-0.4, -0.2) is 61.9 Å². The van der Waals surface area contributed by atoms with Crippen LogP contribution in [-0.2, 0) is 35.2 Å². The van der Waals surface area contributed by atoms with E-state index in [1.54, 1.807) is 0 Å². The second-order valence-corrected chi connectivity index (χ2v) is 8.81. The maximum absolute atomic E-state index is 13.2. The van der Waals surface area contributed by atoms with Gasteiger partial charge >= 0.3 is 6.18 Å². The highest BCUT2D eigenvalue weighted by Crippen LogP contribution is 2.35. The van der Waals surface area contributed by atoms with E-state index in [2.05, 4.69) is 30.3 Å². The average Bonchev–Trinajstić information content (AvgIpc) is 3.53. The van der Waals surface area contributed by atoms with E-state index < -0.39 is 18.3 Å². The van der Waals surface area contributed by atoms with Gasteiger partial charge in [0.05, 0.1) is 18.4 Å².